The molecule has 0 radical (unpaired) electrons. The number of hydrogen-bond acceptors (Lipinski definition) is 4. The molecule has 2 unspecified atom stereocenters. The average molecular weight is 507 g/mol. The van der Waals surface area contributed by atoms with Gasteiger partial charge in [0.2, 0.25) is 0 Å². The SMILES string of the molecule is CCCCc1nc2ccc(C(=O)NC3CCCCC3O)cc2n1Cc1ccc(-c2ccccc2C#N)cc1. The maximum atomic E-state index is 13.1. The Morgan fingerprint density at radius 2 is 1.89 bits per heavy atom. The molecular weight excluding hydrogens is 472 g/mol. The average Bonchev–Trinajstić information content (AvgIpc) is 3.29. The van der Waals surface area contributed by atoms with Crippen LogP contribution in [-0.2, 0) is 13.0 Å². The van der Waals surface area contributed by atoms with E-state index in [1.54, 1.807) is 0 Å². The molecule has 2 atom stereocenters. The molecule has 2 N–H and O–H groups in total. The van der Waals surface area contributed by atoms with Gasteiger partial charge in [-0.2, -0.15) is 5.26 Å². The number of carbonyl (C=O) groups excluding carboxylic acids is 1. The number of imidazole rings is 1. The molecule has 3 aromatic carbocycles. The molecular formula is C32H34N4O2. The highest BCUT2D eigenvalue weighted by Gasteiger charge is 2.25. The number of carbonyl (C=O) groups is 1. The standard InChI is InChI=1S/C32H34N4O2/c1-2-3-12-31-34-27-18-17-24(32(38)35-28-10-6-7-11-30(28)37)19-29(27)36(31)21-22-13-15-23(16-14-22)26-9-5-4-8-25(26)20-33/h4-5,8-9,13-19,28,30,37H,2-3,6-7,10-12,21H2,1H3,(H,35,38). The molecule has 1 aromatic heterocycles. The summed E-state index contributed by atoms with van der Waals surface area (Å²) in [6.45, 7) is 2.81. The number of benzene rings is 3. The molecule has 6 heteroatoms. The number of fused-ring (bicyclic) bond motifs is 1. The van der Waals surface area contributed by atoms with E-state index >= 15 is 0 Å². The van der Waals surface area contributed by atoms with Crippen LogP contribution in [0.25, 0.3) is 22.2 Å². The summed E-state index contributed by atoms with van der Waals surface area (Å²) >= 11 is 0. The van der Waals surface area contributed by atoms with E-state index in [4.69, 9.17) is 4.98 Å². The summed E-state index contributed by atoms with van der Waals surface area (Å²) in [7, 11) is 0. The van der Waals surface area contributed by atoms with Gasteiger partial charge in [-0.15, -0.1) is 0 Å². The molecule has 1 heterocycles. The first-order valence-corrected chi connectivity index (χ1v) is 13.6. The summed E-state index contributed by atoms with van der Waals surface area (Å²) in [5, 5.41) is 22.8. The largest absolute Gasteiger partial charge is 0.391 e. The molecule has 1 aliphatic carbocycles. The van der Waals surface area contributed by atoms with Crippen molar-refractivity contribution >= 4 is 16.9 Å². The number of aromatic nitrogens is 2. The Hall–Kier alpha value is -3.95. The van der Waals surface area contributed by atoms with Crippen molar-refractivity contribution in [2.45, 2.75) is 70.6 Å². The van der Waals surface area contributed by atoms with Crippen LogP contribution in [-0.4, -0.2) is 32.7 Å². The van der Waals surface area contributed by atoms with E-state index in [0.29, 0.717) is 17.7 Å². The molecule has 1 saturated carbocycles. The lowest BCUT2D eigenvalue weighted by Crippen LogP contribution is -2.45. The van der Waals surface area contributed by atoms with Crippen LogP contribution in [0.3, 0.4) is 0 Å². The van der Waals surface area contributed by atoms with Crippen LogP contribution in [0.4, 0.5) is 0 Å². The van der Waals surface area contributed by atoms with Gasteiger partial charge in [0.1, 0.15) is 5.82 Å². The van der Waals surface area contributed by atoms with Crippen LogP contribution in [0.1, 0.15) is 72.8 Å². The predicted octanol–water partition coefficient (Wildman–Crippen LogP) is 6.00. The summed E-state index contributed by atoms with van der Waals surface area (Å²) in [6.07, 6.45) is 6.08. The lowest BCUT2D eigenvalue weighted by atomic mass is 9.92. The Kier molecular flexibility index (Phi) is 7.86. The zero-order chi connectivity index (χ0) is 26.5. The summed E-state index contributed by atoms with van der Waals surface area (Å²) in [5.41, 5.74) is 6.13. The molecule has 0 aliphatic heterocycles. The minimum Gasteiger partial charge on any atom is -0.391 e. The Balaban J connectivity index is 1.44. The topological polar surface area (TPSA) is 90.9 Å². The van der Waals surface area contributed by atoms with Gasteiger partial charge in [-0.05, 0) is 60.2 Å². The van der Waals surface area contributed by atoms with Crippen molar-refractivity contribution in [2.75, 3.05) is 0 Å². The van der Waals surface area contributed by atoms with Gasteiger partial charge in [0.15, 0.2) is 0 Å². The third-order valence-corrected chi connectivity index (χ3v) is 7.54. The van der Waals surface area contributed by atoms with E-state index in [1.807, 2.05) is 42.5 Å². The first kappa shape index (κ1) is 25.7. The number of unbranched alkanes of at least 4 members (excludes halogenated alkanes) is 1. The van der Waals surface area contributed by atoms with Gasteiger partial charge >= 0.3 is 0 Å². The van der Waals surface area contributed by atoms with E-state index in [9.17, 15) is 15.2 Å². The fraction of sp³-hybridized carbons (Fsp3) is 0.344. The zero-order valence-electron chi connectivity index (χ0n) is 21.9. The minimum absolute atomic E-state index is 0.152. The Morgan fingerprint density at radius 3 is 2.66 bits per heavy atom. The molecule has 1 amide bonds. The van der Waals surface area contributed by atoms with Gasteiger partial charge in [-0.25, -0.2) is 4.98 Å². The second-order valence-corrected chi connectivity index (χ2v) is 10.2. The fourth-order valence-electron chi connectivity index (χ4n) is 5.35. The number of aliphatic hydroxyl groups is 1. The molecule has 4 aromatic rings. The third kappa shape index (κ3) is 5.49. The first-order valence-electron chi connectivity index (χ1n) is 13.6. The lowest BCUT2D eigenvalue weighted by molar-refractivity contribution is 0.0717. The number of nitrogens with one attached hydrogen (secondary N) is 1. The quantitative estimate of drug-likeness (QED) is 0.307. The lowest BCUT2D eigenvalue weighted by Gasteiger charge is -2.28. The molecule has 5 rings (SSSR count). The van der Waals surface area contributed by atoms with Gasteiger partial charge < -0.3 is 15.0 Å². The zero-order valence-corrected chi connectivity index (χ0v) is 21.9. The van der Waals surface area contributed by atoms with Crippen LogP contribution in [0.2, 0.25) is 0 Å². The molecule has 1 aliphatic rings. The highest BCUT2D eigenvalue weighted by Crippen LogP contribution is 2.26. The van der Waals surface area contributed by atoms with Gasteiger partial charge in [0, 0.05) is 18.5 Å². The van der Waals surface area contributed by atoms with Crippen molar-refractivity contribution in [3.05, 3.63) is 89.2 Å². The molecule has 0 bridgehead atoms. The summed E-state index contributed by atoms with van der Waals surface area (Å²) in [5.74, 6) is 0.863. The van der Waals surface area contributed by atoms with Gasteiger partial charge in [0.05, 0.1) is 34.8 Å². The van der Waals surface area contributed by atoms with Crippen molar-refractivity contribution in [2.24, 2.45) is 0 Å². The molecule has 0 saturated heterocycles. The van der Waals surface area contributed by atoms with Gasteiger partial charge in [-0.3, -0.25) is 4.79 Å². The normalized spacial score (nSPS) is 17.3. The van der Waals surface area contributed by atoms with E-state index in [0.717, 1.165) is 78.5 Å². The van der Waals surface area contributed by atoms with E-state index in [2.05, 4.69) is 47.1 Å². The summed E-state index contributed by atoms with van der Waals surface area (Å²) < 4.78 is 2.22. The van der Waals surface area contributed by atoms with Gasteiger partial charge in [-0.1, -0.05) is 68.7 Å². The van der Waals surface area contributed by atoms with E-state index < -0.39 is 6.10 Å². The highest BCUT2D eigenvalue weighted by molar-refractivity contribution is 5.97. The molecule has 1 fully saturated rings. The summed E-state index contributed by atoms with van der Waals surface area (Å²) in [4.78, 5) is 18.0. The Morgan fingerprint density at radius 1 is 1.11 bits per heavy atom. The maximum absolute atomic E-state index is 13.1. The van der Waals surface area contributed by atoms with Crippen LogP contribution in [0.15, 0.2) is 66.7 Å². The molecule has 194 valence electrons. The van der Waals surface area contributed by atoms with Crippen molar-refractivity contribution in [3.63, 3.8) is 0 Å². The van der Waals surface area contributed by atoms with Crippen LogP contribution in [0.5, 0.6) is 0 Å². The second kappa shape index (κ2) is 11.6. The smallest absolute Gasteiger partial charge is 0.251 e. The third-order valence-electron chi connectivity index (χ3n) is 7.54. The van der Waals surface area contributed by atoms with Crippen LogP contribution < -0.4 is 5.32 Å². The van der Waals surface area contributed by atoms with Crippen LogP contribution in [0, 0.1) is 11.3 Å². The second-order valence-electron chi connectivity index (χ2n) is 10.2. The maximum Gasteiger partial charge on any atom is 0.251 e. The minimum atomic E-state index is -0.481. The Labute approximate surface area is 224 Å². The molecule has 6 nitrogen and oxygen atoms in total. The van der Waals surface area contributed by atoms with Crippen molar-refractivity contribution < 1.29 is 9.90 Å². The number of aliphatic hydroxyl groups excluding tert-OH is 1. The van der Waals surface area contributed by atoms with E-state index in [1.165, 1.54) is 0 Å². The van der Waals surface area contributed by atoms with Crippen molar-refractivity contribution in [1.29, 1.82) is 5.26 Å². The predicted molar refractivity (Wildman–Crippen MR) is 150 cm³/mol. The number of nitriles is 1. The van der Waals surface area contributed by atoms with Gasteiger partial charge in [0.25, 0.3) is 5.91 Å². The number of rotatable bonds is 8. The van der Waals surface area contributed by atoms with Crippen molar-refractivity contribution in [1.82, 2.24) is 14.9 Å². The van der Waals surface area contributed by atoms with Crippen molar-refractivity contribution in [3.8, 4) is 17.2 Å². The highest BCUT2D eigenvalue weighted by atomic mass is 16.3. The number of aryl methyl sites for hydroxylation is 1. The van der Waals surface area contributed by atoms with E-state index in [-0.39, 0.29) is 11.9 Å². The summed E-state index contributed by atoms with van der Waals surface area (Å²) in [6, 6.07) is 23.7. The number of nitrogens with zero attached hydrogens (tertiary/aromatic N) is 3. The fourth-order valence-corrected chi connectivity index (χ4v) is 5.35. The first-order chi connectivity index (χ1) is 18.6. The monoisotopic (exact) mass is 506 g/mol. The molecule has 0 spiro atoms. The number of hydrogen-bond donors (Lipinski definition) is 2. The Bertz CT molecular complexity index is 1470. The molecule has 38 heavy (non-hydrogen) atoms. The van der Waals surface area contributed by atoms with Crippen LogP contribution >= 0.6 is 0 Å². The number of amides is 1.